The molecule has 39 heavy (non-hydrogen) atoms. The molecule has 0 heterocycles. The van der Waals surface area contributed by atoms with Crippen LogP contribution in [-0.2, 0) is 19.2 Å². The third-order valence-electron chi connectivity index (χ3n) is 4.86. The number of carbonyl (C=O) groups excluding carboxylic acids is 4. The van der Waals surface area contributed by atoms with E-state index in [2.05, 4.69) is 16.0 Å². The standard InChI is InChI=1S/C24H27N5O8S2/c25-17(22(34)35)11-12-19(30)28-18(21(33)26-13-20(31)32)14-38-39-24(37)29(16-9-5-2-6-10-16)23(36)27-15-7-3-1-4-8-15/h1-10,17-18H,11-14,25H2,(H,26,33)(H,27,36)(H,28,30)(H,31,32)(H,34,35)/t17-,18-/m0/s1. The number of nitrogens with zero attached hydrogens (tertiary/aromatic N) is 1. The maximum Gasteiger partial charge on any atom is 0.333 e. The number of anilines is 2. The fourth-order valence-electron chi connectivity index (χ4n) is 2.92. The summed E-state index contributed by atoms with van der Waals surface area (Å²) in [5.74, 6) is -4.28. The molecule has 2 rings (SSSR count). The zero-order chi connectivity index (χ0) is 28.8. The average Bonchev–Trinajstić information content (AvgIpc) is 2.91. The molecule has 0 fully saturated rings. The number of hydrogen-bond donors (Lipinski definition) is 6. The lowest BCUT2D eigenvalue weighted by Crippen LogP contribution is -2.49. The number of imide groups is 1. The van der Waals surface area contributed by atoms with Gasteiger partial charge in [0.05, 0.1) is 5.69 Å². The molecule has 208 valence electrons. The highest BCUT2D eigenvalue weighted by Crippen LogP contribution is 2.29. The van der Waals surface area contributed by atoms with Crippen molar-refractivity contribution in [3.8, 4) is 0 Å². The first kappa shape index (κ1) is 31.1. The van der Waals surface area contributed by atoms with E-state index in [1.165, 1.54) is 0 Å². The maximum absolute atomic E-state index is 13.1. The van der Waals surface area contributed by atoms with Crippen LogP contribution in [0.3, 0.4) is 0 Å². The van der Waals surface area contributed by atoms with Gasteiger partial charge in [0.1, 0.15) is 18.6 Å². The van der Waals surface area contributed by atoms with Crippen molar-refractivity contribution in [3.63, 3.8) is 0 Å². The van der Waals surface area contributed by atoms with Gasteiger partial charge in [-0.25, -0.2) is 9.69 Å². The normalized spacial score (nSPS) is 11.9. The second kappa shape index (κ2) is 16.0. The highest BCUT2D eigenvalue weighted by molar-refractivity contribution is 8.82. The van der Waals surface area contributed by atoms with Gasteiger partial charge in [-0.3, -0.25) is 24.0 Å². The van der Waals surface area contributed by atoms with Gasteiger partial charge < -0.3 is 31.9 Å². The van der Waals surface area contributed by atoms with Crippen molar-refractivity contribution >= 4 is 68.0 Å². The summed E-state index contributed by atoms with van der Waals surface area (Å²) < 4.78 is 0. The van der Waals surface area contributed by atoms with E-state index in [1.807, 2.05) is 0 Å². The van der Waals surface area contributed by atoms with Gasteiger partial charge in [0, 0.05) is 28.7 Å². The Hall–Kier alpha value is -4.08. The Morgan fingerprint density at radius 2 is 1.54 bits per heavy atom. The van der Waals surface area contributed by atoms with Crippen molar-refractivity contribution in [2.75, 3.05) is 22.5 Å². The van der Waals surface area contributed by atoms with Crippen molar-refractivity contribution in [3.05, 3.63) is 60.7 Å². The Balaban J connectivity index is 2.07. The summed E-state index contributed by atoms with van der Waals surface area (Å²) in [6, 6.07) is 13.4. The monoisotopic (exact) mass is 577 g/mol. The number of benzene rings is 2. The highest BCUT2D eigenvalue weighted by Gasteiger charge is 2.27. The van der Waals surface area contributed by atoms with Crippen LogP contribution in [0.1, 0.15) is 12.8 Å². The van der Waals surface area contributed by atoms with Crippen molar-refractivity contribution < 1.29 is 39.0 Å². The van der Waals surface area contributed by atoms with Gasteiger partial charge in [0.15, 0.2) is 0 Å². The van der Waals surface area contributed by atoms with E-state index >= 15 is 0 Å². The molecule has 0 unspecified atom stereocenters. The number of nitrogens with one attached hydrogen (secondary N) is 3. The van der Waals surface area contributed by atoms with Crippen LogP contribution < -0.4 is 26.6 Å². The second-order valence-electron chi connectivity index (χ2n) is 7.82. The SMILES string of the molecule is N[C@@H](CCC(=O)N[C@@H](CSSC(=O)N(C(=O)Nc1ccccc1)c1ccccc1)C(=O)NCC(=O)O)C(=O)O. The first-order valence-electron chi connectivity index (χ1n) is 11.4. The predicted molar refractivity (Wildman–Crippen MR) is 147 cm³/mol. The summed E-state index contributed by atoms with van der Waals surface area (Å²) in [5.41, 5.74) is 6.15. The van der Waals surface area contributed by atoms with Crippen LogP contribution in [0.15, 0.2) is 60.7 Å². The van der Waals surface area contributed by atoms with Gasteiger partial charge in [-0.05, 0) is 30.7 Å². The fourth-order valence-corrected chi connectivity index (χ4v) is 4.86. The molecule has 0 bridgehead atoms. The van der Waals surface area contributed by atoms with Crippen LogP contribution in [0, 0.1) is 0 Å². The number of urea groups is 1. The van der Waals surface area contributed by atoms with E-state index in [-0.39, 0.29) is 18.6 Å². The molecule has 0 spiro atoms. The minimum atomic E-state index is -1.30. The first-order valence-corrected chi connectivity index (χ1v) is 13.7. The molecule has 0 aliphatic heterocycles. The van der Waals surface area contributed by atoms with Crippen molar-refractivity contribution in [2.24, 2.45) is 5.73 Å². The molecule has 0 aliphatic carbocycles. The van der Waals surface area contributed by atoms with Gasteiger partial charge >= 0.3 is 23.2 Å². The number of carbonyl (C=O) groups is 6. The number of rotatable bonds is 13. The van der Waals surface area contributed by atoms with Crippen molar-refractivity contribution in [1.82, 2.24) is 10.6 Å². The molecule has 0 aromatic heterocycles. The van der Waals surface area contributed by atoms with E-state index in [0.29, 0.717) is 22.2 Å². The van der Waals surface area contributed by atoms with Gasteiger partial charge in [0.2, 0.25) is 11.8 Å². The lowest BCUT2D eigenvalue weighted by atomic mass is 10.1. The minimum absolute atomic E-state index is 0.179. The molecule has 0 aliphatic rings. The lowest BCUT2D eigenvalue weighted by Gasteiger charge is -2.21. The largest absolute Gasteiger partial charge is 0.480 e. The van der Waals surface area contributed by atoms with E-state index < -0.39 is 53.7 Å². The van der Waals surface area contributed by atoms with Crippen LogP contribution >= 0.6 is 21.6 Å². The molecule has 2 atom stereocenters. The lowest BCUT2D eigenvalue weighted by molar-refractivity contribution is -0.139. The number of amides is 5. The summed E-state index contributed by atoms with van der Waals surface area (Å²) in [7, 11) is 1.49. The zero-order valence-corrected chi connectivity index (χ0v) is 22.1. The van der Waals surface area contributed by atoms with E-state index in [4.69, 9.17) is 15.9 Å². The van der Waals surface area contributed by atoms with E-state index in [0.717, 1.165) is 15.7 Å². The number of hydrogen-bond acceptors (Lipinski definition) is 9. The Labute approximate surface area is 231 Å². The maximum atomic E-state index is 13.1. The number of para-hydroxylation sites is 2. The number of nitrogens with two attached hydrogens (primary N) is 1. The molecule has 2 aromatic rings. The molecular formula is C24H27N5O8S2. The molecule has 13 nitrogen and oxygen atoms in total. The number of carboxylic acids is 2. The fraction of sp³-hybridized carbons (Fsp3) is 0.250. The van der Waals surface area contributed by atoms with Crippen molar-refractivity contribution in [2.45, 2.75) is 24.9 Å². The minimum Gasteiger partial charge on any atom is -0.480 e. The number of aliphatic carboxylic acids is 2. The highest BCUT2D eigenvalue weighted by atomic mass is 33.1. The van der Waals surface area contributed by atoms with E-state index in [1.54, 1.807) is 60.7 Å². The van der Waals surface area contributed by atoms with Gasteiger partial charge in [-0.15, -0.1) is 0 Å². The average molecular weight is 578 g/mol. The molecule has 0 saturated heterocycles. The van der Waals surface area contributed by atoms with Crippen molar-refractivity contribution in [1.29, 1.82) is 0 Å². The molecule has 7 N–H and O–H groups in total. The van der Waals surface area contributed by atoms with Crippen LogP contribution in [0.25, 0.3) is 0 Å². The Bertz CT molecular complexity index is 1170. The molecule has 15 heteroatoms. The number of carboxylic acid groups (broad SMARTS) is 2. The summed E-state index contributed by atoms with van der Waals surface area (Å²) in [4.78, 5) is 73.4. The smallest absolute Gasteiger partial charge is 0.333 e. The summed E-state index contributed by atoms with van der Waals surface area (Å²) >= 11 is 0. The molecule has 0 radical (unpaired) electrons. The molecule has 0 saturated carbocycles. The second-order valence-corrected chi connectivity index (χ2v) is 10.1. The summed E-state index contributed by atoms with van der Waals surface area (Å²) in [5, 5.41) is 24.2. The summed E-state index contributed by atoms with van der Waals surface area (Å²) in [6.45, 7) is -0.701. The van der Waals surface area contributed by atoms with Gasteiger partial charge in [0.25, 0.3) is 0 Å². The van der Waals surface area contributed by atoms with Crippen LogP contribution in [0.4, 0.5) is 21.0 Å². The molecule has 5 amide bonds. The molecule has 2 aromatic carbocycles. The summed E-state index contributed by atoms with van der Waals surface area (Å²) in [6.07, 6.45) is -0.484. The van der Waals surface area contributed by atoms with Crippen LogP contribution in [-0.4, -0.2) is 69.6 Å². The third-order valence-corrected chi connectivity index (χ3v) is 6.96. The Kier molecular flexibility index (Phi) is 12.8. The zero-order valence-electron chi connectivity index (χ0n) is 20.4. The Morgan fingerprint density at radius 3 is 2.13 bits per heavy atom. The van der Waals surface area contributed by atoms with Gasteiger partial charge in [-0.2, -0.15) is 0 Å². The van der Waals surface area contributed by atoms with Crippen LogP contribution in [0.2, 0.25) is 0 Å². The van der Waals surface area contributed by atoms with E-state index in [9.17, 15) is 28.8 Å². The van der Waals surface area contributed by atoms with Gasteiger partial charge in [-0.1, -0.05) is 47.2 Å². The quantitative estimate of drug-likeness (QED) is 0.190. The molecular weight excluding hydrogens is 550 g/mol. The predicted octanol–water partition coefficient (Wildman–Crippen LogP) is 2.10. The Morgan fingerprint density at radius 1 is 0.923 bits per heavy atom. The third kappa shape index (κ3) is 11.1. The topological polar surface area (TPSA) is 208 Å². The van der Waals surface area contributed by atoms with Crippen LogP contribution in [0.5, 0.6) is 0 Å². The first-order chi connectivity index (χ1) is 18.6.